The number of carboxylic acids is 1. The van der Waals surface area contributed by atoms with Crippen molar-refractivity contribution in [2.24, 2.45) is 0 Å². The van der Waals surface area contributed by atoms with Crippen molar-refractivity contribution in [1.29, 1.82) is 0 Å². The molecule has 0 radical (unpaired) electrons. The van der Waals surface area contributed by atoms with E-state index in [-0.39, 0.29) is 11.7 Å². The summed E-state index contributed by atoms with van der Waals surface area (Å²) in [6.07, 6.45) is 3.43. The van der Waals surface area contributed by atoms with E-state index in [9.17, 15) is 4.79 Å². The Morgan fingerprint density at radius 2 is 1.79 bits per heavy atom. The van der Waals surface area contributed by atoms with Crippen molar-refractivity contribution in [1.82, 2.24) is 0 Å². The lowest BCUT2D eigenvalue weighted by molar-refractivity contribution is -0.132. The Labute approximate surface area is 141 Å². The Morgan fingerprint density at radius 3 is 2.38 bits per heavy atom. The first-order valence-corrected chi connectivity index (χ1v) is 7.90. The molecule has 0 saturated carbocycles. The highest BCUT2D eigenvalue weighted by Crippen LogP contribution is 2.33. The van der Waals surface area contributed by atoms with Crippen molar-refractivity contribution in [3.63, 3.8) is 0 Å². The molecule has 1 aliphatic carbocycles. The van der Waals surface area contributed by atoms with Crippen LogP contribution in [0, 0.1) is 0 Å². The van der Waals surface area contributed by atoms with Gasteiger partial charge in [-0.25, -0.2) is 4.79 Å². The van der Waals surface area contributed by atoms with Crippen molar-refractivity contribution in [2.75, 3.05) is 7.11 Å². The summed E-state index contributed by atoms with van der Waals surface area (Å²) < 4.78 is 11.5. The molecule has 24 heavy (non-hydrogen) atoms. The molecule has 1 aliphatic rings. The Bertz CT molecular complexity index is 767. The smallest absolute Gasteiger partial charge is 0.331 e. The number of aliphatic carboxylic acids is 1. The van der Waals surface area contributed by atoms with Crippen LogP contribution in [0.15, 0.2) is 48.0 Å². The monoisotopic (exact) mass is 324 g/mol. The van der Waals surface area contributed by atoms with E-state index in [1.165, 1.54) is 11.1 Å². The lowest BCUT2D eigenvalue weighted by Gasteiger charge is -2.16. The lowest BCUT2D eigenvalue weighted by atomic mass is 10.1. The molecule has 4 heteroatoms. The fourth-order valence-electron chi connectivity index (χ4n) is 2.97. The predicted octanol–water partition coefficient (Wildman–Crippen LogP) is 3.73. The topological polar surface area (TPSA) is 55.8 Å². The van der Waals surface area contributed by atoms with Crippen LogP contribution in [-0.4, -0.2) is 24.3 Å². The van der Waals surface area contributed by atoms with Gasteiger partial charge in [-0.3, -0.25) is 0 Å². The number of benzene rings is 2. The number of carbonyl (C=O) groups is 1. The zero-order chi connectivity index (χ0) is 17.1. The Morgan fingerprint density at radius 1 is 1.12 bits per heavy atom. The molecule has 124 valence electrons. The Balaban J connectivity index is 1.82. The van der Waals surface area contributed by atoms with Gasteiger partial charge in [0.05, 0.1) is 7.11 Å². The summed E-state index contributed by atoms with van der Waals surface area (Å²) >= 11 is 0. The van der Waals surface area contributed by atoms with Gasteiger partial charge in [-0.2, -0.15) is 0 Å². The van der Waals surface area contributed by atoms with E-state index in [4.69, 9.17) is 14.6 Å². The quantitative estimate of drug-likeness (QED) is 0.852. The second kappa shape index (κ2) is 6.79. The predicted molar refractivity (Wildman–Crippen MR) is 92.5 cm³/mol. The first kappa shape index (κ1) is 16.1. The molecule has 0 bridgehead atoms. The van der Waals surface area contributed by atoms with Crippen LogP contribution in [0.2, 0.25) is 0 Å². The number of rotatable bonds is 5. The molecule has 4 nitrogen and oxygen atoms in total. The molecule has 0 aliphatic heterocycles. The van der Waals surface area contributed by atoms with E-state index >= 15 is 0 Å². The third-order valence-electron chi connectivity index (χ3n) is 4.22. The van der Waals surface area contributed by atoms with E-state index in [1.54, 1.807) is 26.2 Å². The van der Waals surface area contributed by atoms with Gasteiger partial charge >= 0.3 is 5.97 Å². The molecule has 0 aromatic heterocycles. The molecule has 1 N–H and O–H groups in total. The van der Waals surface area contributed by atoms with Crippen LogP contribution in [0.1, 0.15) is 23.6 Å². The maximum absolute atomic E-state index is 11.0. The highest BCUT2D eigenvalue weighted by atomic mass is 16.5. The van der Waals surface area contributed by atoms with Crippen LogP contribution in [0.25, 0.3) is 6.08 Å². The summed E-state index contributed by atoms with van der Waals surface area (Å²) in [6, 6.07) is 13.8. The summed E-state index contributed by atoms with van der Waals surface area (Å²) in [5, 5.41) is 9.02. The normalized spacial score (nSPS) is 14.3. The molecule has 0 saturated heterocycles. The molecular formula is C20H20O4. The van der Waals surface area contributed by atoms with Crippen molar-refractivity contribution in [3.05, 3.63) is 64.7 Å². The van der Waals surface area contributed by atoms with Crippen LogP contribution in [-0.2, 0) is 17.6 Å². The first-order valence-electron chi connectivity index (χ1n) is 7.90. The van der Waals surface area contributed by atoms with Gasteiger partial charge in [0.1, 0.15) is 6.10 Å². The molecule has 3 rings (SSSR count). The molecule has 0 fully saturated rings. The van der Waals surface area contributed by atoms with Gasteiger partial charge < -0.3 is 14.6 Å². The zero-order valence-electron chi connectivity index (χ0n) is 13.8. The van der Waals surface area contributed by atoms with Crippen molar-refractivity contribution in [2.45, 2.75) is 25.9 Å². The largest absolute Gasteiger partial charge is 0.493 e. The number of hydrogen-bond acceptors (Lipinski definition) is 3. The van der Waals surface area contributed by atoms with Gasteiger partial charge in [0.2, 0.25) is 0 Å². The number of hydrogen-bond donors (Lipinski definition) is 1. The van der Waals surface area contributed by atoms with Crippen molar-refractivity contribution in [3.8, 4) is 11.5 Å². The molecule has 0 amide bonds. The van der Waals surface area contributed by atoms with Crippen LogP contribution in [0.5, 0.6) is 11.5 Å². The van der Waals surface area contributed by atoms with E-state index < -0.39 is 5.97 Å². The minimum atomic E-state index is -0.931. The summed E-state index contributed by atoms with van der Waals surface area (Å²) in [4.78, 5) is 11.0. The van der Waals surface area contributed by atoms with Crippen LogP contribution >= 0.6 is 0 Å². The van der Waals surface area contributed by atoms with E-state index in [1.807, 2.05) is 24.3 Å². The van der Waals surface area contributed by atoms with E-state index in [0.29, 0.717) is 11.5 Å². The van der Waals surface area contributed by atoms with Gasteiger partial charge in [0.25, 0.3) is 0 Å². The van der Waals surface area contributed by atoms with E-state index in [0.717, 1.165) is 18.4 Å². The maximum atomic E-state index is 11.0. The summed E-state index contributed by atoms with van der Waals surface area (Å²) in [5.74, 6) is 0.359. The summed E-state index contributed by atoms with van der Waals surface area (Å²) in [5.41, 5.74) is 3.69. The maximum Gasteiger partial charge on any atom is 0.331 e. The van der Waals surface area contributed by atoms with Crippen LogP contribution in [0.3, 0.4) is 0 Å². The second-order valence-corrected chi connectivity index (χ2v) is 5.96. The van der Waals surface area contributed by atoms with Crippen LogP contribution in [0.4, 0.5) is 0 Å². The van der Waals surface area contributed by atoms with E-state index in [2.05, 4.69) is 12.1 Å². The van der Waals surface area contributed by atoms with Gasteiger partial charge in [0, 0.05) is 18.4 Å². The van der Waals surface area contributed by atoms with Crippen LogP contribution < -0.4 is 9.47 Å². The summed E-state index contributed by atoms with van der Waals surface area (Å²) in [6.45, 7) is 1.57. The minimum absolute atomic E-state index is 0.0658. The van der Waals surface area contributed by atoms with Gasteiger partial charge in [-0.15, -0.1) is 0 Å². The highest BCUT2D eigenvalue weighted by Gasteiger charge is 2.23. The van der Waals surface area contributed by atoms with Crippen molar-refractivity contribution < 1.29 is 19.4 Å². The first-order chi connectivity index (χ1) is 11.6. The number of methoxy groups -OCH3 is 1. The number of fused-ring (bicyclic) bond motifs is 1. The fraction of sp³-hybridized carbons (Fsp3) is 0.250. The lowest BCUT2D eigenvalue weighted by Crippen LogP contribution is -2.16. The third-order valence-corrected chi connectivity index (χ3v) is 4.22. The van der Waals surface area contributed by atoms with Gasteiger partial charge in [0.15, 0.2) is 11.5 Å². The Kier molecular flexibility index (Phi) is 4.56. The van der Waals surface area contributed by atoms with Crippen molar-refractivity contribution >= 4 is 12.0 Å². The molecule has 0 spiro atoms. The highest BCUT2D eigenvalue weighted by molar-refractivity contribution is 5.91. The molecule has 2 aromatic rings. The van der Waals surface area contributed by atoms with Gasteiger partial charge in [-0.1, -0.05) is 30.3 Å². The fourth-order valence-corrected chi connectivity index (χ4v) is 2.97. The van der Waals surface area contributed by atoms with Gasteiger partial charge in [-0.05, 0) is 41.8 Å². The molecule has 0 unspecified atom stereocenters. The average molecular weight is 324 g/mol. The Hall–Kier alpha value is -2.75. The number of ether oxygens (including phenoxy) is 2. The number of carboxylic acid groups (broad SMARTS) is 1. The molecular weight excluding hydrogens is 304 g/mol. The molecule has 0 atom stereocenters. The SMILES string of the molecule is COc1ccc(C=C(C)C(=O)O)cc1OC1Cc2ccccc2C1. The molecule has 0 heterocycles. The third kappa shape index (κ3) is 3.43. The summed E-state index contributed by atoms with van der Waals surface area (Å²) in [7, 11) is 1.60. The average Bonchev–Trinajstić information content (AvgIpc) is 2.97. The standard InChI is InChI=1S/C20H20O4/c1-13(20(21)22)9-14-7-8-18(23-2)19(10-14)24-17-11-15-5-3-4-6-16(15)12-17/h3-10,17H,11-12H2,1-2H3,(H,21,22). The molecule has 2 aromatic carbocycles. The zero-order valence-corrected chi connectivity index (χ0v) is 13.8. The second-order valence-electron chi connectivity index (χ2n) is 5.96. The minimum Gasteiger partial charge on any atom is -0.493 e.